The average molecular weight is 450 g/mol. The van der Waals surface area contributed by atoms with Crippen LogP contribution in [0, 0.1) is 6.92 Å². The SMILES string of the molecule is Cc1cc(CC(=O)O)c(O)cc1CC(=O)O.O=C1Nc2ccc(Br)cc2C1=O. The van der Waals surface area contributed by atoms with Crippen LogP contribution in [0.5, 0.6) is 5.75 Å². The Morgan fingerprint density at radius 1 is 1.00 bits per heavy atom. The molecule has 0 atom stereocenters. The molecule has 2 aromatic carbocycles. The summed E-state index contributed by atoms with van der Waals surface area (Å²) in [6.07, 6.45) is -0.466. The van der Waals surface area contributed by atoms with Gasteiger partial charge < -0.3 is 20.6 Å². The Morgan fingerprint density at radius 3 is 2.21 bits per heavy atom. The van der Waals surface area contributed by atoms with Crippen molar-refractivity contribution in [3.8, 4) is 5.75 Å². The van der Waals surface area contributed by atoms with Crippen molar-refractivity contribution in [3.63, 3.8) is 0 Å². The van der Waals surface area contributed by atoms with Crippen molar-refractivity contribution in [2.75, 3.05) is 5.32 Å². The van der Waals surface area contributed by atoms with Crippen LogP contribution in [0.25, 0.3) is 0 Å². The number of anilines is 1. The van der Waals surface area contributed by atoms with Crippen LogP contribution in [-0.2, 0) is 27.2 Å². The zero-order valence-corrected chi connectivity index (χ0v) is 16.2. The van der Waals surface area contributed by atoms with Crippen LogP contribution in [0.4, 0.5) is 5.69 Å². The van der Waals surface area contributed by atoms with E-state index in [9.17, 15) is 24.3 Å². The van der Waals surface area contributed by atoms with Gasteiger partial charge in [-0.3, -0.25) is 19.2 Å². The van der Waals surface area contributed by atoms with Crippen LogP contribution >= 0.6 is 15.9 Å². The molecule has 1 aliphatic rings. The van der Waals surface area contributed by atoms with E-state index in [1.807, 2.05) is 0 Å². The highest BCUT2D eigenvalue weighted by molar-refractivity contribution is 9.10. The molecule has 8 nitrogen and oxygen atoms in total. The molecular weight excluding hydrogens is 434 g/mol. The van der Waals surface area contributed by atoms with Crippen LogP contribution in [0.2, 0.25) is 0 Å². The van der Waals surface area contributed by atoms with Gasteiger partial charge in [-0.1, -0.05) is 22.0 Å². The molecule has 0 saturated carbocycles. The summed E-state index contributed by atoms with van der Waals surface area (Å²) in [4.78, 5) is 43.0. The highest BCUT2D eigenvalue weighted by atomic mass is 79.9. The number of carboxylic acids is 2. The number of benzene rings is 2. The molecule has 0 bridgehead atoms. The number of fused-ring (bicyclic) bond motifs is 1. The van der Waals surface area contributed by atoms with Crippen LogP contribution in [0.3, 0.4) is 0 Å². The fourth-order valence-electron chi connectivity index (χ4n) is 2.57. The number of hydrogen-bond acceptors (Lipinski definition) is 5. The van der Waals surface area contributed by atoms with Gasteiger partial charge >= 0.3 is 11.9 Å². The number of aryl methyl sites for hydroxylation is 1. The predicted octanol–water partition coefficient (Wildman–Crippen LogP) is 2.54. The molecule has 0 radical (unpaired) electrons. The molecule has 0 aliphatic carbocycles. The number of aromatic hydroxyl groups is 1. The van der Waals surface area contributed by atoms with Crippen LogP contribution in [0.15, 0.2) is 34.8 Å². The summed E-state index contributed by atoms with van der Waals surface area (Å²) in [5.74, 6) is -3.23. The largest absolute Gasteiger partial charge is 0.508 e. The Hall–Kier alpha value is -3.20. The average Bonchev–Trinajstić information content (AvgIpc) is 2.86. The maximum absolute atomic E-state index is 11.1. The summed E-state index contributed by atoms with van der Waals surface area (Å²) < 4.78 is 0.797. The van der Waals surface area contributed by atoms with E-state index in [1.54, 1.807) is 25.1 Å². The normalized spacial score (nSPS) is 11.9. The van der Waals surface area contributed by atoms with Crippen LogP contribution in [-0.4, -0.2) is 38.9 Å². The third-order valence-electron chi connectivity index (χ3n) is 3.90. The van der Waals surface area contributed by atoms with Gasteiger partial charge in [0.15, 0.2) is 0 Å². The van der Waals surface area contributed by atoms with Gasteiger partial charge in [0.2, 0.25) is 0 Å². The van der Waals surface area contributed by atoms with Crippen molar-refractivity contribution in [2.45, 2.75) is 19.8 Å². The fraction of sp³-hybridized carbons (Fsp3) is 0.158. The lowest BCUT2D eigenvalue weighted by Crippen LogP contribution is -2.12. The lowest BCUT2D eigenvalue weighted by molar-refractivity contribution is -0.137. The molecule has 2 aromatic rings. The molecular formula is C19H16BrNO7. The first kappa shape index (κ1) is 21.1. The number of carbonyl (C=O) groups excluding carboxylic acids is 2. The van der Waals surface area contributed by atoms with E-state index in [0.717, 1.165) is 4.47 Å². The van der Waals surface area contributed by atoms with Gasteiger partial charge in [0.05, 0.1) is 24.1 Å². The maximum Gasteiger partial charge on any atom is 0.307 e. The number of halogens is 1. The van der Waals surface area contributed by atoms with E-state index in [2.05, 4.69) is 21.2 Å². The molecule has 146 valence electrons. The van der Waals surface area contributed by atoms with Crippen molar-refractivity contribution in [1.29, 1.82) is 0 Å². The van der Waals surface area contributed by atoms with Crippen molar-refractivity contribution in [3.05, 3.63) is 57.1 Å². The zero-order valence-electron chi connectivity index (χ0n) is 14.7. The summed E-state index contributed by atoms with van der Waals surface area (Å²) >= 11 is 3.22. The molecule has 0 fully saturated rings. The van der Waals surface area contributed by atoms with E-state index in [-0.39, 0.29) is 18.6 Å². The van der Waals surface area contributed by atoms with Crippen molar-refractivity contribution in [2.24, 2.45) is 0 Å². The minimum absolute atomic E-state index is 0.177. The van der Waals surface area contributed by atoms with Gasteiger partial charge in [0.25, 0.3) is 11.7 Å². The van der Waals surface area contributed by atoms with Gasteiger partial charge in [0, 0.05) is 10.0 Å². The Balaban J connectivity index is 0.000000207. The van der Waals surface area contributed by atoms with E-state index >= 15 is 0 Å². The number of hydrogen-bond donors (Lipinski definition) is 4. The number of Topliss-reactive ketones (excluding diaryl/α,β-unsaturated/α-hetero) is 1. The Bertz CT molecular complexity index is 943. The smallest absolute Gasteiger partial charge is 0.307 e. The number of carbonyl (C=O) groups is 4. The molecule has 0 unspecified atom stereocenters. The molecule has 0 saturated heterocycles. The summed E-state index contributed by atoms with van der Waals surface area (Å²) in [7, 11) is 0. The third-order valence-corrected chi connectivity index (χ3v) is 4.39. The first-order chi connectivity index (χ1) is 13.1. The monoisotopic (exact) mass is 449 g/mol. The maximum atomic E-state index is 11.1. The molecule has 1 amide bonds. The lowest BCUT2D eigenvalue weighted by Gasteiger charge is -2.08. The molecule has 4 N–H and O–H groups in total. The molecule has 3 rings (SSSR count). The Kier molecular flexibility index (Phi) is 6.53. The van der Waals surface area contributed by atoms with Gasteiger partial charge in [-0.15, -0.1) is 0 Å². The number of aliphatic carboxylic acids is 2. The number of ketones is 1. The molecule has 0 spiro atoms. The molecule has 1 aliphatic heterocycles. The van der Waals surface area contributed by atoms with Crippen molar-refractivity contribution < 1.29 is 34.5 Å². The number of rotatable bonds is 4. The lowest BCUT2D eigenvalue weighted by atomic mass is 10.00. The van der Waals surface area contributed by atoms with E-state index in [0.29, 0.717) is 27.9 Å². The molecule has 9 heteroatoms. The summed E-state index contributed by atoms with van der Waals surface area (Å²) in [5.41, 5.74) is 2.47. The van der Waals surface area contributed by atoms with Crippen molar-refractivity contribution in [1.82, 2.24) is 0 Å². The van der Waals surface area contributed by atoms with Gasteiger partial charge in [0.1, 0.15) is 5.75 Å². The quantitative estimate of drug-likeness (QED) is 0.525. The summed E-state index contributed by atoms with van der Waals surface area (Å²) in [5, 5.41) is 29.2. The van der Waals surface area contributed by atoms with Crippen molar-refractivity contribution >= 4 is 45.2 Å². The molecule has 28 heavy (non-hydrogen) atoms. The van der Waals surface area contributed by atoms with Crippen LogP contribution in [0.1, 0.15) is 27.0 Å². The number of nitrogens with one attached hydrogen (secondary N) is 1. The number of carboxylic acid groups (broad SMARTS) is 2. The number of phenols is 1. The summed E-state index contributed by atoms with van der Waals surface area (Å²) in [6.45, 7) is 1.68. The van der Waals surface area contributed by atoms with Gasteiger partial charge in [-0.25, -0.2) is 0 Å². The second-order valence-electron chi connectivity index (χ2n) is 6.02. The number of phenolic OH excluding ortho intramolecular Hbond substituents is 1. The Labute approximate surface area is 167 Å². The topological polar surface area (TPSA) is 141 Å². The first-order valence-electron chi connectivity index (χ1n) is 7.98. The van der Waals surface area contributed by atoms with E-state index in [1.165, 1.54) is 12.1 Å². The molecule has 0 aromatic heterocycles. The van der Waals surface area contributed by atoms with E-state index in [4.69, 9.17) is 10.2 Å². The first-order valence-corrected chi connectivity index (χ1v) is 8.78. The second kappa shape index (κ2) is 8.66. The highest BCUT2D eigenvalue weighted by Crippen LogP contribution is 2.26. The fourth-order valence-corrected chi connectivity index (χ4v) is 2.93. The zero-order chi connectivity index (χ0) is 21.0. The summed E-state index contributed by atoms with van der Waals surface area (Å²) in [6, 6.07) is 7.92. The predicted molar refractivity (Wildman–Crippen MR) is 103 cm³/mol. The van der Waals surface area contributed by atoms with E-state index < -0.39 is 23.6 Å². The minimum Gasteiger partial charge on any atom is -0.508 e. The van der Waals surface area contributed by atoms with Gasteiger partial charge in [-0.05, 0) is 42.3 Å². The Morgan fingerprint density at radius 2 is 1.61 bits per heavy atom. The number of amides is 1. The van der Waals surface area contributed by atoms with Gasteiger partial charge in [-0.2, -0.15) is 0 Å². The standard InChI is InChI=1S/C11H12O5.C8H4BrNO2/c1-6-2-8(5-11(15)16)9(12)3-7(6)4-10(13)14;9-4-1-2-6-5(3-4)7(11)8(12)10-6/h2-3,12H,4-5H2,1H3,(H,13,14)(H,15,16);1-3H,(H,10,11,12). The highest BCUT2D eigenvalue weighted by Gasteiger charge is 2.27. The second-order valence-corrected chi connectivity index (χ2v) is 6.94. The van der Waals surface area contributed by atoms with Crippen LogP contribution < -0.4 is 5.32 Å². The third kappa shape index (κ3) is 5.17. The minimum atomic E-state index is -1.04. The molecule has 1 heterocycles.